The van der Waals surface area contributed by atoms with E-state index in [1.807, 2.05) is 61.0 Å². The molecule has 0 saturated heterocycles. The number of aryl methyl sites for hydroxylation is 1. The second-order valence-electron chi connectivity index (χ2n) is 5.33. The van der Waals surface area contributed by atoms with Gasteiger partial charge in [-0.2, -0.15) is 4.57 Å². The van der Waals surface area contributed by atoms with Gasteiger partial charge in [0.15, 0.2) is 0 Å². The van der Waals surface area contributed by atoms with E-state index in [4.69, 9.17) is 4.74 Å². The van der Waals surface area contributed by atoms with E-state index in [1.165, 1.54) is 11.1 Å². The highest BCUT2D eigenvalue weighted by Gasteiger charge is 2.16. The Morgan fingerprint density at radius 1 is 1.23 bits per heavy atom. The number of benzene rings is 1. The van der Waals surface area contributed by atoms with Gasteiger partial charge in [0.25, 0.3) is 0 Å². The third kappa shape index (κ3) is 3.28. The number of rotatable bonds is 5. The molecule has 2 nitrogen and oxygen atoms in total. The molecule has 2 rings (SSSR count). The molecule has 0 unspecified atom stereocenters. The van der Waals surface area contributed by atoms with E-state index in [-0.39, 0.29) is 0 Å². The van der Waals surface area contributed by atoms with Gasteiger partial charge in [-0.25, -0.2) is 0 Å². The molecular formula is C20H24NO+. The normalized spacial score (nSPS) is 10.9. The lowest BCUT2D eigenvalue weighted by molar-refractivity contribution is -0.678. The van der Waals surface area contributed by atoms with Gasteiger partial charge in [-0.15, -0.1) is 0 Å². The first-order valence-corrected chi connectivity index (χ1v) is 7.65. The van der Waals surface area contributed by atoms with Gasteiger partial charge >= 0.3 is 5.88 Å². The lowest BCUT2D eigenvalue weighted by atomic mass is 10.1. The fourth-order valence-electron chi connectivity index (χ4n) is 2.54. The summed E-state index contributed by atoms with van der Waals surface area (Å²) < 4.78 is 8.18. The summed E-state index contributed by atoms with van der Waals surface area (Å²) in [5.74, 6) is 1.71. The first-order valence-electron chi connectivity index (χ1n) is 7.65. The SMILES string of the molecule is C=C(C=CC)c1cccc(Oc2cccc(CC)c2C)[n+]1C. The lowest BCUT2D eigenvalue weighted by Gasteiger charge is -2.11. The Morgan fingerprint density at radius 3 is 2.64 bits per heavy atom. The summed E-state index contributed by atoms with van der Waals surface area (Å²) in [5.41, 5.74) is 4.52. The Morgan fingerprint density at radius 2 is 1.95 bits per heavy atom. The molecule has 0 atom stereocenters. The van der Waals surface area contributed by atoms with Crippen molar-refractivity contribution in [1.29, 1.82) is 0 Å². The van der Waals surface area contributed by atoms with Crippen LogP contribution < -0.4 is 9.30 Å². The molecule has 0 aliphatic rings. The average molecular weight is 294 g/mol. The second kappa shape index (κ2) is 7.08. The van der Waals surface area contributed by atoms with Gasteiger partial charge < -0.3 is 4.74 Å². The van der Waals surface area contributed by atoms with Crippen LogP contribution in [-0.2, 0) is 13.5 Å². The Labute approximate surface area is 133 Å². The first-order chi connectivity index (χ1) is 10.6. The fraction of sp³-hybridized carbons (Fsp3) is 0.250. The topological polar surface area (TPSA) is 13.1 Å². The Hall–Kier alpha value is -2.35. The van der Waals surface area contributed by atoms with Crippen LogP contribution in [0.5, 0.6) is 11.6 Å². The van der Waals surface area contributed by atoms with Crippen LogP contribution >= 0.6 is 0 Å². The molecule has 0 N–H and O–H groups in total. The van der Waals surface area contributed by atoms with E-state index in [1.54, 1.807) is 0 Å². The highest BCUT2D eigenvalue weighted by molar-refractivity contribution is 5.67. The number of nitrogens with zero attached hydrogens (tertiary/aromatic N) is 1. The minimum absolute atomic E-state index is 0.805. The maximum atomic E-state index is 6.15. The molecule has 1 heterocycles. The molecule has 0 spiro atoms. The molecule has 0 radical (unpaired) electrons. The Kier molecular flexibility index (Phi) is 5.16. The summed E-state index contributed by atoms with van der Waals surface area (Å²) >= 11 is 0. The Balaban J connectivity index is 2.39. The summed E-state index contributed by atoms with van der Waals surface area (Å²) in [6.07, 6.45) is 5.00. The van der Waals surface area contributed by atoms with Gasteiger partial charge in [0.2, 0.25) is 5.69 Å². The molecule has 0 saturated carbocycles. The maximum Gasteiger partial charge on any atom is 0.373 e. The van der Waals surface area contributed by atoms with Crippen molar-refractivity contribution in [3.8, 4) is 11.6 Å². The van der Waals surface area contributed by atoms with Gasteiger partial charge in [0, 0.05) is 11.6 Å². The molecule has 0 aliphatic carbocycles. The van der Waals surface area contributed by atoms with Crippen molar-refractivity contribution in [2.75, 3.05) is 0 Å². The largest absolute Gasteiger partial charge is 0.405 e. The molecule has 1 aromatic carbocycles. The van der Waals surface area contributed by atoms with Crippen LogP contribution in [-0.4, -0.2) is 0 Å². The summed E-state index contributed by atoms with van der Waals surface area (Å²) in [6, 6.07) is 12.2. The van der Waals surface area contributed by atoms with Crippen molar-refractivity contribution >= 4 is 5.57 Å². The number of hydrogen-bond donors (Lipinski definition) is 0. The van der Waals surface area contributed by atoms with E-state index in [0.29, 0.717) is 0 Å². The Bertz CT molecular complexity index is 714. The molecule has 0 fully saturated rings. The summed E-state index contributed by atoms with van der Waals surface area (Å²) in [5, 5.41) is 0. The van der Waals surface area contributed by atoms with E-state index < -0.39 is 0 Å². The molecule has 2 aromatic rings. The zero-order valence-electron chi connectivity index (χ0n) is 13.9. The summed E-state index contributed by atoms with van der Waals surface area (Å²) in [7, 11) is 2.00. The van der Waals surface area contributed by atoms with Crippen LogP contribution in [0.25, 0.3) is 5.57 Å². The second-order valence-corrected chi connectivity index (χ2v) is 5.33. The molecular weight excluding hydrogens is 270 g/mol. The van der Waals surface area contributed by atoms with Crippen molar-refractivity contribution in [2.24, 2.45) is 7.05 Å². The van der Waals surface area contributed by atoms with Crippen molar-refractivity contribution in [2.45, 2.75) is 27.2 Å². The lowest BCUT2D eigenvalue weighted by Crippen LogP contribution is -2.34. The molecule has 1 aromatic heterocycles. The minimum Gasteiger partial charge on any atom is -0.405 e. The van der Waals surface area contributed by atoms with Crippen LogP contribution in [0.1, 0.15) is 30.7 Å². The highest BCUT2D eigenvalue weighted by atomic mass is 16.5. The smallest absolute Gasteiger partial charge is 0.373 e. The number of aromatic nitrogens is 1. The molecule has 114 valence electrons. The molecule has 2 heteroatoms. The van der Waals surface area contributed by atoms with Crippen LogP contribution in [0.15, 0.2) is 55.1 Å². The zero-order chi connectivity index (χ0) is 16.1. The highest BCUT2D eigenvalue weighted by Crippen LogP contribution is 2.26. The van der Waals surface area contributed by atoms with Gasteiger partial charge in [-0.3, -0.25) is 0 Å². The van der Waals surface area contributed by atoms with E-state index in [9.17, 15) is 0 Å². The van der Waals surface area contributed by atoms with Crippen LogP contribution in [0.3, 0.4) is 0 Å². The van der Waals surface area contributed by atoms with E-state index >= 15 is 0 Å². The van der Waals surface area contributed by atoms with E-state index in [2.05, 4.69) is 26.5 Å². The first kappa shape index (κ1) is 16.0. The third-order valence-electron chi connectivity index (χ3n) is 3.87. The standard InChI is InChI=1S/C20H24NO/c1-6-10-15(3)18-12-9-14-20(21(18)5)22-19-13-8-11-17(7-2)16(19)4/h6,8-14H,3,7H2,1-2,4-5H3/q+1. The van der Waals surface area contributed by atoms with Crippen LogP contribution in [0.2, 0.25) is 0 Å². The predicted octanol–water partition coefficient (Wildman–Crippen LogP) is 4.76. The van der Waals surface area contributed by atoms with Crippen molar-refractivity contribution in [3.05, 3.63) is 72.0 Å². The van der Waals surface area contributed by atoms with Gasteiger partial charge in [-0.05, 0) is 43.5 Å². The maximum absolute atomic E-state index is 6.15. The quantitative estimate of drug-likeness (QED) is 0.572. The monoisotopic (exact) mass is 294 g/mol. The van der Waals surface area contributed by atoms with Gasteiger partial charge in [-0.1, -0.05) is 37.8 Å². The number of hydrogen-bond acceptors (Lipinski definition) is 1. The summed E-state index contributed by atoms with van der Waals surface area (Å²) in [6.45, 7) is 10.4. The van der Waals surface area contributed by atoms with Crippen molar-refractivity contribution in [3.63, 3.8) is 0 Å². The van der Waals surface area contributed by atoms with Gasteiger partial charge in [0.05, 0.1) is 6.07 Å². The van der Waals surface area contributed by atoms with E-state index in [0.717, 1.165) is 29.3 Å². The molecule has 0 aliphatic heterocycles. The number of pyridine rings is 1. The molecule has 0 amide bonds. The molecule has 0 bridgehead atoms. The average Bonchev–Trinajstić information content (AvgIpc) is 2.51. The van der Waals surface area contributed by atoms with Gasteiger partial charge in [0.1, 0.15) is 12.8 Å². The molecule has 22 heavy (non-hydrogen) atoms. The summed E-state index contributed by atoms with van der Waals surface area (Å²) in [4.78, 5) is 0. The number of ether oxygens (including phenoxy) is 1. The van der Waals surface area contributed by atoms with Crippen molar-refractivity contribution in [1.82, 2.24) is 0 Å². The minimum atomic E-state index is 0.805. The zero-order valence-corrected chi connectivity index (χ0v) is 13.9. The number of allylic oxidation sites excluding steroid dienone is 3. The predicted molar refractivity (Wildman–Crippen MR) is 92.1 cm³/mol. The van der Waals surface area contributed by atoms with Crippen LogP contribution in [0.4, 0.5) is 0 Å². The van der Waals surface area contributed by atoms with Crippen molar-refractivity contribution < 1.29 is 9.30 Å². The fourth-order valence-corrected chi connectivity index (χ4v) is 2.54. The third-order valence-corrected chi connectivity index (χ3v) is 3.87. The van der Waals surface area contributed by atoms with Crippen LogP contribution in [0, 0.1) is 6.92 Å².